The molecule has 0 saturated carbocycles. The molecule has 0 radical (unpaired) electrons. The van der Waals surface area contributed by atoms with Gasteiger partial charge in [0.1, 0.15) is 0 Å². The fourth-order valence-electron chi connectivity index (χ4n) is 2.57. The van der Waals surface area contributed by atoms with E-state index in [-0.39, 0.29) is 0 Å². The molecule has 1 saturated heterocycles. The average molecular weight is 242 g/mol. The first-order valence-corrected chi connectivity index (χ1v) is 7.43. The quantitative estimate of drug-likeness (QED) is 0.607. The van der Waals surface area contributed by atoms with Crippen molar-refractivity contribution in [1.82, 2.24) is 10.2 Å². The lowest BCUT2D eigenvalue weighted by Crippen LogP contribution is -2.42. The van der Waals surface area contributed by atoms with Crippen LogP contribution in [0, 0.1) is 0 Å². The van der Waals surface area contributed by atoms with Gasteiger partial charge in [0.05, 0.1) is 0 Å². The summed E-state index contributed by atoms with van der Waals surface area (Å²) < 4.78 is 0. The van der Waals surface area contributed by atoms with Crippen molar-refractivity contribution < 1.29 is 5.11 Å². The van der Waals surface area contributed by atoms with E-state index >= 15 is 0 Å². The summed E-state index contributed by atoms with van der Waals surface area (Å²) in [7, 11) is 0. The Balaban J connectivity index is 1.91. The second-order valence-electron chi connectivity index (χ2n) is 5.21. The van der Waals surface area contributed by atoms with E-state index in [0.717, 1.165) is 19.0 Å². The minimum absolute atomic E-state index is 0.351. The number of piperidine rings is 1. The molecule has 0 aromatic heterocycles. The zero-order valence-corrected chi connectivity index (χ0v) is 11.5. The first kappa shape index (κ1) is 14.9. The molecule has 0 aromatic carbocycles. The van der Waals surface area contributed by atoms with E-state index in [1.54, 1.807) is 0 Å². The van der Waals surface area contributed by atoms with Crippen LogP contribution in [-0.2, 0) is 0 Å². The van der Waals surface area contributed by atoms with Crippen molar-refractivity contribution in [3.63, 3.8) is 0 Å². The Morgan fingerprint density at radius 1 is 1.12 bits per heavy atom. The van der Waals surface area contributed by atoms with Crippen molar-refractivity contribution in [3.05, 3.63) is 0 Å². The Hall–Kier alpha value is -0.120. The van der Waals surface area contributed by atoms with Gasteiger partial charge in [-0.05, 0) is 58.3 Å². The molecule has 1 fully saturated rings. The molecule has 0 amide bonds. The highest BCUT2D eigenvalue weighted by molar-refractivity contribution is 4.76. The van der Waals surface area contributed by atoms with Crippen LogP contribution in [0.25, 0.3) is 0 Å². The third-order valence-corrected chi connectivity index (χ3v) is 3.65. The van der Waals surface area contributed by atoms with Crippen molar-refractivity contribution in [2.45, 2.75) is 57.9 Å². The molecular weight excluding hydrogens is 212 g/mol. The highest BCUT2D eigenvalue weighted by Crippen LogP contribution is 2.10. The Morgan fingerprint density at radius 2 is 1.82 bits per heavy atom. The number of nitrogens with one attached hydrogen (secondary N) is 1. The molecule has 0 aromatic rings. The van der Waals surface area contributed by atoms with E-state index < -0.39 is 0 Å². The van der Waals surface area contributed by atoms with E-state index in [0.29, 0.717) is 6.61 Å². The molecule has 1 heterocycles. The van der Waals surface area contributed by atoms with E-state index in [1.807, 2.05) is 0 Å². The van der Waals surface area contributed by atoms with Gasteiger partial charge < -0.3 is 15.3 Å². The van der Waals surface area contributed by atoms with Gasteiger partial charge in [-0.25, -0.2) is 0 Å². The topological polar surface area (TPSA) is 35.5 Å². The summed E-state index contributed by atoms with van der Waals surface area (Å²) in [6.07, 6.45) is 8.57. The fourth-order valence-corrected chi connectivity index (χ4v) is 2.57. The number of likely N-dealkylation sites (tertiary alicyclic amines) is 1. The number of hydrogen-bond donors (Lipinski definition) is 2. The molecule has 1 aliphatic rings. The predicted octanol–water partition coefficient (Wildman–Crippen LogP) is 2.00. The summed E-state index contributed by atoms with van der Waals surface area (Å²) in [6, 6.07) is 0.751. The number of aliphatic hydroxyl groups excluding tert-OH is 1. The number of rotatable bonds is 9. The first-order valence-electron chi connectivity index (χ1n) is 7.43. The standard InChI is InChI=1S/C14H30N2O/c1-2-10-16-11-7-14(8-12-16)15-9-5-3-4-6-13-17/h14-15,17H,2-13H2,1H3. The SMILES string of the molecule is CCCN1CCC(NCCCCCCO)CC1. The van der Waals surface area contributed by atoms with E-state index in [2.05, 4.69) is 17.1 Å². The van der Waals surface area contributed by atoms with Crippen molar-refractivity contribution in [2.24, 2.45) is 0 Å². The van der Waals surface area contributed by atoms with E-state index in [1.165, 1.54) is 58.2 Å². The minimum atomic E-state index is 0.351. The Labute approximate surface area is 107 Å². The summed E-state index contributed by atoms with van der Waals surface area (Å²) in [4.78, 5) is 2.58. The van der Waals surface area contributed by atoms with Gasteiger partial charge in [-0.15, -0.1) is 0 Å². The highest BCUT2D eigenvalue weighted by Gasteiger charge is 2.17. The van der Waals surface area contributed by atoms with Crippen molar-refractivity contribution >= 4 is 0 Å². The van der Waals surface area contributed by atoms with Gasteiger partial charge in [0.25, 0.3) is 0 Å². The molecule has 0 aliphatic carbocycles. The first-order chi connectivity index (χ1) is 8.36. The third kappa shape index (κ3) is 7.02. The number of nitrogens with zero attached hydrogens (tertiary/aromatic N) is 1. The van der Waals surface area contributed by atoms with Crippen LogP contribution in [0.15, 0.2) is 0 Å². The lowest BCUT2D eigenvalue weighted by molar-refractivity contribution is 0.198. The second-order valence-corrected chi connectivity index (χ2v) is 5.21. The van der Waals surface area contributed by atoms with Crippen LogP contribution in [0.4, 0.5) is 0 Å². The second kappa shape index (κ2) is 9.86. The molecular formula is C14H30N2O. The van der Waals surface area contributed by atoms with Crippen LogP contribution < -0.4 is 5.32 Å². The number of unbranched alkanes of at least 4 members (excludes halogenated alkanes) is 3. The molecule has 3 nitrogen and oxygen atoms in total. The molecule has 17 heavy (non-hydrogen) atoms. The summed E-state index contributed by atoms with van der Waals surface area (Å²) in [5.74, 6) is 0. The maximum atomic E-state index is 8.67. The van der Waals surface area contributed by atoms with Gasteiger partial charge >= 0.3 is 0 Å². The third-order valence-electron chi connectivity index (χ3n) is 3.65. The molecule has 1 aliphatic heterocycles. The maximum absolute atomic E-state index is 8.67. The Morgan fingerprint density at radius 3 is 2.47 bits per heavy atom. The van der Waals surface area contributed by atoms with E-state index in [4.69, 9.17) is 5.11 Å². The van der Waals surface area contributed by atoms with Crippen LogP contribution in [0.1, 0.15) is 51.9 Å². The Bertz CT molecular complexity index is 168. The minimum Gasteiger partial charge on any atom is -0.396 e. The molecule has 1 rings (SSSR count). The molecule has 2 N–H and O–H groups in total. The molecule has 0 unspecified atom stereocenters. The molecule has 0 spiro atoms. The van der Waals surface area contributed by atoms with Gasteiger partial charge in [0.2, 0.25) is 0 Å². The number of hydrogen-bond acceptors (Lipinski definition) is 3. The zero-order valence-electron chi connectivity index (χ0n) is 11.5. The van der Waals surface area contributed by atoms with Gasteiger partial charge in [-0.3, -0.25) is 0 Å². The number of aliphatic hydroxyl groups is 1. The van der Waals surface area contributed by atoms with E-state index in [9.17, 15) is 0 Å². The smallest absolute Gasteiger partial charge is 0.0431 e. The lowest BCUT2D eigenvalue weighted by Gasteiger charge is -2.32. The van der Waals surface area contributed by atoms with Crippen molar-refractivity contribution in [1.29, 1.82) is 0 Å². The Kier molecular flexibility index (Phi) is 8.67. The largest absolute Gasteiger partial charge is 0.396 e. The summed E-state index contributed by atoms with van der Waals surface area (Å²) in [5.41, 5.74) is 0. The van der Waals surface area contributed by atoms with Crippen LogP contribution in [0.3, 0.4) is 0 Å². The van der Waals surface area contributed by atoms with Gasteiger partial charge in [0, 0.05) is 12.6 Å². The maximum Gasteiger partial charge on any atom is 0.0431 e. The molecule has 3 heteroatoms. The average Bonchev–Trinajstić information content (AvgIpc) is 2.36. The van der Waals surface area contributed by atoms with Crippen LogP contribution in [0.2, 0.25) is 0 Å². The lowest BCUT2D eigenvalue weighted by atomic mass is 10.0. The molecule has 102 valence electrons. The monoisotopic (exact) mass is 242 g/mol. The summed E-state index contributed by atoms with van der Waals surface area (Å²) in [6.45, 7) is 7.59. The summed E-state index contributed by atoms with van der Waals surface area (Å²) >= 11 is 0. The van der Waals surface area contributed by atoms with Crippen LogP contribution in [-0.4, -0.2) is 48.8 Å². The zero-order chi connectivity index (χ0) is 12.3. The normalized spacial score (nSPS) is 18.7. The predicted molar refractivity (Wildman–Crippen MR) is 73.3 cm³/mol. The molecule has 0 atom stereocenters. The van der Waals surface area contributed by atoms with Crippen LogP contribution >= 0.6 is 0 Å². The fraction of sp³-hybridized carbons (Fsp3) is 1.00. The highest BCUT2D eigenvalue weighted by atomic mass is 16.2. The van der Waals surface area contributed by atoms with Crippen molar-refractivity contribution in [2.75, 3.05) is 32.8 Å². The molecule has 0 bridgehead atoms. The van der Waals surface area contributed by atoms with Gasteiger partial charge in [-0.2, -0.15) is 0 Å². The summed E-state index contributed by atoms with van der Waals surface area (Å²) in [5, 5.41) is 12.3. The van der Waals surface area contributed by atoms with Crippen molar-refractivity contribution in [3.8, 4) is 0 Å². The van der Waals surface area contributed by atoms with Gasteiger partial charge in [0.15, 0.2) is 0 Å². The van der Waals surface area contributed by atoms with Gasteiger partial charge in [-0.1, -0.05) is 19.8 Å². The van der Waals surface area contributed by atoms with Crippen LogP contribution in [0.5, 0.6) is 0 Å².